The molecule has 0 fully saturated rings. The minimum Gasteiger partial charge on any atom is -0.464 e. The smallest absolute Gasteiger partial charge is 0.328 e. The van der Waals surface area contributed by atoms with Gasteiger partial charge in [-0.3, -0.25) is 0 Å². The third-order valence-electron chi connectivity index (χ3n) is 2.48. The van der Waals surface area contributed by atoms with Crippen molar-refractivity contribution in [1.82, 2.24) is 16.0 Å². The van der Waals surface area contributed by atoms with Gasteiger partial charge in [-0.15, -0.1) is 0 Å². The Hall–Kier alpha value is -1.34. The Morgan fingerprint density at radius 3 is 2.58 bits per heavy atom. The summed E-state index contributed by atoms with van der Waals surface area (Å²) in [7, 11) is 1.88. The van der Waals surface area contributed by atoms with E-state index in [-0.39, 0.29) is 0 Å². The van der Waals surface area contributed by atoms with Gasteiger partial charge < -0.3 is 26.4 Å². The summed E-state index contributed by atoms with van der Waals surface area (Å²) in [6, 6.07) is -0.994. The maximum Gasteiger partial charge on any atom is 0.328 e. The van der Waals surface area contributed by atoms with E-state index in [1.54, 1.807) is 6.92 Å². The van der Waals surface area contributed by atoms with Gasteiger partial charge in [0.25, 0.3) is 0 Å². The molecule has 0 radical (unpaired) electrons. The highest BCUT2D eigenvalue weighted by Gasteiger charge is 2.21. The Labute approximate surface area is 114 Å². The molecule has 112 valence electrons. The van der Waals surface area contributed by atoms with Crippen LogP contribution in [-0.2, 0) is 9.53 Å². The van der Waals surface area contributed by atoms with Crippen LogP contribution in [0.25, 0.3) is 0 Å². The molecular weight excluding hydrogens is 248 g/mol. The fourth-order valence-electron chi connectivity index (χ4n) is 1.54. The van der Waals surface area contributed by atoms with Crippen LogP contribution in [0.3, 0.4) is 0 Å². The number of hydrogen-bond donors (Lipinski definition) is 4. The van der Waals surface area contributed by atoms with E-state index in [0.29, 0.717) is 26.1 Å². The quantitative estimate of drug-likeness (QED) is 0.319. The molecule has 0 unspecified atom stereocenters. The van der Waals surface area contributed by atoms with Crippen molar-refractivity contribution in [2.45, 2.75) is 32.2 Å². The number of esters is 1. The molecule has 7 nitrogen and oxygen atoms in total. The second kappa shape index (κ2) is 11.7. The minimum absolute atomic E-state index is 0.304. The van der Waals surface area contributed by atoms with E-state index in [4.69, 9.17) is 10.5 Å². The number of unbranched alkanes of at least 4 members (excludes halogenated alkanes) is 1. The molecule has 0 heterocycles. The highest BCUT2D eigenvalue weighted by atomic mass is 16.5. The monoisotopic (exact) mass is 274 g/mol. The van der Waals surface area contributed by atoms with E-state index < -0.39 is 18.0 Å². The van der Waals surface area contributed by atoms with Crippen LogP contribution in [0.1, 0.15) is 26.2 Å². The van der Waals surface area contributed by atoms with Crippen molar-refractivity contribution in [3.05, 3.63) is 0 Å². The van der Waals surface area contributed by atoms with Gasteiger partial charge in [-0.1, -0.05) is 0 Å². The maximum absolute atomic E-state index is 11.7. The van der Waals surface area contributed by atoms with Gasteiger partial charge in [0.2, 0.25) is 0 Å². The van der Waals surface area contributed by atoms with Crippen LogP contribution in [0.15, 0.2) is 0 Å². The molecule has 0 aromatic heterocycles. The lowest BCUT2D eigenvalue weighted by Crippen LogP contribution is -2.47. The number of rotatable bonds is 10. The predicted octanol–water partition coefficient (Wildman–Crippen LogP) is -0.434. The number of nitrogens with one attached hydrogen (secondary N) is 3. The Balaban J connectivity index is 4.16. The summed E-state index contributed by atoms with van der Waals surface area (Å²) in [4.78, 5) is 23.2. The average molecular weight is 274 g/mol. The largest absolute Gasteiger partial charge is 0.464 e. The molecule has 0 aliphatic heterocycles. The van der Waals surface area contributed by atoms with E-state index in [1.807, 2.05) is 7.05 Å². The third kappa shape index (κ3) is 9.26. The fraction of sp³-hybridized carbons (Fsp3) is 0.833. The normalized spacial score (nSPS) is 11.7. The number of ether oxygens (including phenoxy) is 1. The van der Waals surface area contributed by atoms with Crippen molar-refractivity contribution in [3.8, 4) is 0 Å². The van der Waals surface area contributed by atoms with E-state index in [1.165, 1.54) is 0 Å². The van der Waals surface area contributed by atoms with Crippen molar-refractivity contribution in [3.63, 3.8) is 0 Å². The van der Waals surface area contributed by atoms with Gasteiger partial charge in [0, 0.05) is 13.1 Å². The molecule has 0 saturated heterocycles. The SMILES string of the molecule is CCOC(=O)[C@H](CCCCNC)NC(=O)NCCN. The van der Waals surface area contributed by atoms with Gasteiger partial charge in [0.05, 0.1) is 6.61 Å². The summed E-state index contributed by atoms with van der Waals surface area (Å²) in [5.74, 6) is -0.394. The lowest BCUT2D eigenvalue weighted by molar-refractivity contribution is -0.145. The molecule has 0 saturated carbocycles. The van der Waals surface area contributed by atoms with Crippen LogP contribution >= 0.6 is 0 Å². The van der Waals surface area contributed by atoms with Crippen LogP contribution in [0, 0.1) is 0 Å². The Bertz CT molecular complexity index is 261. The van der Waals surface area contributed by atoms with Crippen LogP contribution in [0.5, 0.6) is 0 Å². The Kier molecular flexibility index (Phi) is 10.9. The van der Waals surface area contributed by atoms with Crippen LogP contribution in [0.4, 0.5) is 4.79 Å². The zero-order valence-corrected chi connectivity index (χ0v) is 11.8. The summed E-state index contributed by atoms with van der Waals surface area (Å²) in [6.45, 7) is 3.66. The number of nitrogens with two attached hydrogens (primary N) is 1. The lowest BCUT2D eigenvalue weighted by Gasteiger charge is -2.17. The first-order valence-corrected chi connectivity index (χ1v) is 6.71. The summed E-state index contributed by atoms with van der Waals surface area (Å²) in [6.07, 6.45) is 2.34. The standard InChI is InChI=1S/C12H26N4O3/c1-3-19-11(17)10(6-4-5-8-14-2)16-12(18)15-9-7-13/h10,14H,3-9,13H2,1-2H3,(H2,15,16,18)/t10-/m0/s1. The van der Waals surface area contributed by atoms with Crippen LogP contribution in [0.2, 0.25) is 0 Å². The Morgan fingerprint density at radius 2 is 2.00 bits per heavy atom. The number of amides is 2. The van der Waals surface area contributed by atoms with Gasteiger partial charge in [0.1, 0.15) is 6.04 Å². The molecule has 0 spiro atoms. The number of hydrogen-bond acceptors (Lipinski definition) is 5. The predicted molar refractivity (Wildman–Crippen MR) is 73.8 cm³/mol. The molecule has 0 aliphatic rings. The molecule has 5 N–H and O–H groups in total. The molecule has 0 aliphatic carbocycles. The first-order chi connectivity index (χ1) is 9.15. The zero-order valence-electron chi connectivity index (χ0n) is 11.8. The molecule has 19 heavy (non-hydrogen) atoms. The molecule has 0 aromatic carbocycles. The Morgan fingerprint density at radius 1 is 1.26 bits per heavy atom. The van der Waals surface area contributed by atoms with E-state index >= 15 is 0 Å². The van der Waals surface area contributed by atoms with Crippen molar-refractivity contribution < 1.29 is 14.3 Å². The number of carbonyl (C=O) groups excluding carboxylic acids is 2. The van der Waals surface area contributed by atoms with Gasteiger partial charge in [-0.25, -0.2) is 9.59 Å². The zero-order chi connectivity index (χ0) is 14.5. The first kappa shape index (κ1) is 17.7. The van der Waals surface area contributed by atoms with Crippen molar-refractivity contribution in [1.29, 1.82) is 0 Å². The van der Waals surface area contributed by atoms with Gasteiger partial charge in [-0.2, -0.15) is 0 Å². The van der Waals surface area contributed by atoms with Crippen molar-refractivity contribution in [2.75, 3.05) is 33.3 Å². The minimum atomic E-state index is -0.602. The maximum atomic E-state index is 11.7. The topological polar surface area (TPSA) is 105 Å². The second-order valence-electron chi connectivity index (χ2n) is 4.09. The van der Waals surface area contributed by atoms with Gasteiger partial charge >= 0.3 is 12.0 Å². The molecule has 0 bridgehead atoms. The third-order valence-corrected chi connectivity index (χ3v) is 2.48. The van der Waals surface area contributed by atoms with Crippen LogP contribution in [-0.4, -0.2) is 51.3 Å². The van der Waals surface area contributed by atoms with E-state index in [9.17, 15) is 9.59 Å². The molecule has 0 rings (SSSR count). The molecule has 2 amide bonds. The fourth-order valence-corrected chi connectivity index (χ4v) is 1.54. The highest BCUT2D eigenvalue weighted by Crippen LogP contribution is 2.03. The van der Waals surface area contributed by atoms with Gasteiger partial charge in [0.15, 0.2) is 0 Å². The van der Waals surface area contributed by atoms with E-state index in [2.05, 4.69) is 16.0 Å². The summed E-state index contributed by atoms with van der Waals surface area (Å²) >= 11 is 0. The number of urea groups is 1. The van der Waals surface area contributed by atoms with Crippen molar-refractivity contribution >= 4 is 12.0 Å². The van der Waals surface area contributed by atoms with Crippen molar-refractivity contribution in [2.24, 2.45) is 5.73 Å². The van der Waals surface area contributed by atoms with Crippen LogP contribution < -0.4 is 21.7 Å². The number of carbonyl (C=O) groups is 2. The highest BCUT2D eigenvalue weighted by molar-refractivity contribution is 5.83. The molecular formula is C12H26N4O3. The lowest BCUT2D eigenvalue weighted by atomic mass is 10.1. The molecule has 7 heteroatoms. The van der Waals surface area contributed by atoms with E-state index in [0.717, 1.165) is 19.4 Å². The summed E-state index contributed by atoms with van der Waals surface area (Å²) in [5, 5.41) is 8.21. The molecule has 1 atom stereocenters. The average Bonchev–Trinajstić information content (AvgIpc) is 2.40. The molecule has 0 aromatic rings. The summed E-state index contributed by atoms with van der Waals surface area (Å²) in [5.41, 5.74) is 5.29. The second-order valence-corrected chi connectivity index (χ2v) is 4.09. The van der Waals surface area contributed by atoms with Gasteiger partial charge in [-0.05, 0) is 39.8 Å². The first-order valence-electron chi connectivity index (χ1n) is 6.71. The summed E-state index contributed by atoms with van der Waals surface area (Å²) < 4.78 is 4.94.